The molecule has 0 saturated carbocycles. The SMILES string of the molecule is C.C.C.C.C.CC(C)(C)C(=O)OCO.CC(C)OC(=O)C(C)N.CC(C)OC(=O)CN.CCC(N)C(=O)OC(C)C.Oc1ccccc1. The number of nitrogens with two attached hydrogens (primary N) is 3. The van der Waals surface area contributed by atoms with Gasteiger partial charge in [-0.2, -0.15) is 0 Å². The zero-order valence-corrected chi connectivity index (χ0v) is 27.8. The molecule has 48 heavy (non-hydrogen) atoms. The van der Waals surface area contributed by atoms with E-state index in [9.17, 15) is 19.2 Å². The molecule has 0 aromatic heterocycles. The van der Waals surface area contributed by atoms with Gasteiger partial charge in [-0.05, 0) is 87.8 Å². The molecule has 13 heteroatoms. The van der Waals surface area contributed by atoms with Crippen molar-refractivity contribution >= 4 is 23.9 Å². The minimum absolute atomic E-state index is 0. The molecule has 1 aromatic carbocycles. The number of hydrogen-bond acceptors (Lipinski definition) is 13. The highest BCUT2D eigenvalue weighted by Crippen LogP contribution is 2.14. The first-order valence-electron chi connectivity index (χ1n) is 14.0. The summed E-state index contributed by atoms with van der Waals surface area (Å²) in [6, 6.07) is 7.75. The molecule has 0 aliphatic carbocycles. The first-order chi connectivity index (χ1) is 19.7. The van der Waals surface area contributed by atoms with Crippen molar-refractivity contribution in [2.24, 2.45) is 22.6 Å². The molecule has 0 amide bonds. The molecule has 1 aromatic rings. The Morgan fingerprint density at radius 3 is 1.27 bits per heavy atom. The molecule has 2 unspecified atom stereocenters. The summed E-state index contributed by atoms with van der Waals surface area (Å²) in [6.45, 7) is 18.8. The van der Waals surface area contributed by atoms with E-state index in [1.807, 2.05) is 13.0 Å². The maximum absolute atomic E-state index is 10.8. The summed E-state index contributed by atoms with van der Waals surface area (Å²) < 4.78 is 18.5. The van der Waals surface area contributed by atoms with E-state index in [2.05, 4.69) is 9.47 Å². The van der Waals surface area contributed by atoms with Crippen LogP contribution in [-0.4, -0.2) is 77.8 Å². The van der Waals surface area contributed by atoms with Gasteiger partial charge in [0.2, 0.25) is 0 Å². The normalized spacial score (nSPS) is 10.2. The molecule has 2 atom stereocenters. The van der Waals surface area contributed by atoms with Gasteiger partial charge in [0.25, 0.3) is 0 Å². The van der Waals surface area contributed by atoms with Crippen LogP contribution in [0.5, 0.6) is 5.75 Å². The van der Waals surface area contributed by atoms with Crippen molar-refractivity contribution < 1.29 is 48.3 Å². The highest BCUT2D eigenvalue weighted by molar-refractivity contribution is 5.76. The Balaban J connectivity index is -0.0000000553. The van der Waals surface area contributed by atoms with Crippen molar-refractivity contribution in [2.75, 3.05) is 13.3 Å². The van der Waals surface area contributed by atoms with Gasteiger partial charge in [0, 0.05) is 0 Å². The van der Waals surface area contributed by atoms with E-state index in [0.29, 0.717) is 12.2 Å². The molecule has 13 nitrogen and oxygen atoms in total. The smallest absolute Gasteiger partial charge is 0.323 e. The first-order valence-corrected chi connectivity index (χ1v) is 14.0. The molecule has 0 radical (unpaired) electrons. The van der Waals surface area contributed by atoms with Gasteiger partial charge in [-0.15, -0.1) is 0 Å². The zero-order chi connectivity index (χ0) is 34.8. The molecule has 8 N–H and O–H groups in total. The number of phenols is 1. The maximum Gasteiger partial charge on any atom is 0.323 e. The Hall–Kier alpha value is -3.26. The molecule has 0 bridgehead atoms. The quantitative estimate of drug-likeness (QED) is 0.120. The number of aliphatic hydroxyl groups is 1. The van der Waals surface area contributed by atoms with Crippen LogP contribution >= 0.6 is 0 Å². The second kappa shape index (κ2) is 39.9. The number of aliphatic hydroxyl groups excluding tert-OH is 1. The van der Waals surface area contributed by atoms with Crippen LogP contribution in [0, 0.1) is 5.41 Å². The molecule has 0 heterocycles. The summed E-state index contributed by atoms with van der Waals surface area (Å²) in [6.07, 6.45) is 0.450. The van der Waals surface area contributed by atoms with E-state index in [0.717, 1.165) is 0 Å². The summed E-state index contributed by atoms with van der Waals surface area (Å²) in [5, 5.41) is 16.8. The fraction of sp³-hybridized carbons (Fsp3) is 0.714. The number of hydrogen-bond donors (Lipinski definition) is 5. The number of carbonyl (C=O) groups is 4. The Kier molecular flexibility index (Phi) is 55.7. The molecule has 1 rings (SSSR count). The van der Waals surface area contributed by atoms with E-state index in [1.54, 1.807) is 93.5 Å². The second-order valence-corrected chi connectivity index (χ2v) is 10.7. The number of rotatable bonds is 8. The summed E-state index contributed by atoms with van der Waals surface area (Å²) in [4.78, 5) is 42.4. The van der Waals surface area contributed by atoms with Crippen LogP contribution in [0.15, 0.2) is 30.3 Å². The largest absolute Gasteiger partial charge is 0.508 e. The number of carbonyl (C=O) groups excluding carboxylic acids is 4. The van der Waals surface area contributed by atoms with Crippen LogP contribution in [0.4, 0.5) is 0 Å². The van der Waals surface area contributed by atoms with E-state index >= 15 is 0 Å². The first kappa shape index (κ1) is 67.0. The zero-order valence-electron chi connectivity index (χ0n) is 27.8. The third-order valence-corrected chi connectivity index (χ3v) is 3.92. The standard InChI is InChI=1S/C7H15NO2.C6H13NO2.C6H12O3.C6H6O.C5H11NO2.5CH4/c1-4-6(8)7(9)10-5(2)3;1-4(2)9-6(8)5(3)7;1-6(2,3)5(8)9-4-7;7-6-4-2-1-3-5-6;1-4(2)8-5(7)3-6;;;;;/h5-6H,4,8H2,1-3H3;4-5H,7H2,1-3H3;7H,4H2,1-3H3;1-5,7H;4H,3,6H2,1-2H3;5*1H4. The second-order valence-electron chi connectivity index (χ2n) is 10.7. The van der Waals surface area contributed by atoms with Crippen molar-refractivity contribution in [3.63, 3.8) is 0 Å². The summed E-state index contributed by atoms with van der Waals surface area (Å²) >= 11 is 0. The molecular formula is C35H77N3O10. The molecule has 0 spiro atoms. The van der Waals surface area contributed by atoms with Gasteiger partial charge in [0.05, 0.1) is 30.3 Å². The fourth-order valence-corrected chi connectivity index (χ4v) is 1.84. The Bertz CT molecular complexity index is 858. The minimum atomic E-state index is -0.532. The van der Waals surface area contributed by atoms with E-state index in [4.69, 9.17) is 36.9 Å². The summed E-state index contributed by atoms with van der Waals surface area (Å²) in [7, 11) is 0. The third kappa shape index (κ3) is 52.3. The van der Waals surface area contributed by atoms with Crippen LogP contribution < -0.4 is 17.2 Å². The Morgan fingerprint density at radius 1 is 0.729 bits per heavy atom. The van der Waals surface area contributed by atoms with Crippen molar-refractivity contribution in [1.29, 1.82) is 0 Å². The lowest BCUT2D eigenvalue weighted by molar-refractivity contribution is -0.161. The highest BCUT2D eigenvalue weighted by Gasteiger charge is 2.22. The van der Waals surface area contributed by atoms with Gasteiger partial charge in [0.1, 0.15) is 17.8 Å². The molecule has 0 aliphatic heterocycles. The number of esters is 4. The van der Waals surface area contributed by atoms with Gasteiger partial charge in [-0.3, -0.25) is 19.2 Å². The monoisotopic (exact) mass is 700 g/mol. The lowest BCUT2D eigenvalue weighted by Gasteiger charge is -2.14. The predicted molar refractivity (Wildman–Crippen MR) is 199 cm³/mol. The topological polar surface area (TPSA) is 224 Å². The van der Waals surface area contributed by atoms with Crippen LogP contribution in [0.2, 0.25) is 0 Å². The van der Waals surface area contributed by atoms with Gasteiger partial charge < -0.3 is 46.4 Å². The van der Waals surface area contributed by atoms with Gasteiger partial charge in [0.15, 0.2) is 6.79 Å². The lowest BCUT2D eigenvalue weighted by atomic mass is 9.98. The predicted octanol–water partition coefficient (Wildman–Crippen LogP) is 5.96. The van der Waals surface area contributed by atoms with Gasteiger partial charge in [-0.25, -0.2) is 0 Å². The minimum Gasteiger partial charge on any atom is -0.508 e. The van der Waals surface area contributed by atoms with Crippen molar-refractivity contribution in [3.05, 3.63) is 30.3 Å². The highest BCUT2D eigenvalue weighted by atomic mass is 16.6. The fourth-order valence-electron chi connectivity index (χ4n) is 1.84. The number of aromatic hydroxyl groups is 1. The average Bonchev–Trinajstić information content (AvgIpc) is 2.88. The van der Waals surface area contributed by atoms with Crippen molar-refractivity contribution in [1.82, 2.24) is 0 Å². The van der Waals surface area contributed by atoms with Crippen LogP contribution in [0.1, 0.15) is 120 Å². The summed E-state index contributed by atoms with van der Waals surface area (Å²) in [5.74, 6) is -1.06. The number of benzene rings is 1. The molecule has 0 saturated heterocycles. The van der Waals surface area contributed by atoms with Crippen LogP contribution in [-0.2, 0) is 38.1 Å². The van der Waals surface area contributed by atoms with Crippen molar-refractivity contribution in [2.45, 2.75) is 150 Å². The van der Waals surface area contributed by atoms with E-state index in [1.165, 1.54) is 0 Å². The molecule has 292 valence electrons. The van der Waals surface area contributed by atoms with Gasteiger partial charge in [-0.1, -0.05) is 62.3 Å². The summed E-state index contributed by atoms with van der Waals surface area (Å²) in [5.41, 5.74) is 15.0. The van der Waals surface area contributed by atoms with Crippen LogP contribution in [0.25, 0.3) is 0 Å². The Labute approximate surface area is 294 Å². The van der Waals surface area contributed by atoms with Gasteiger partial charge >= 0.3 is 23.9 Å². The number of para-hydroxylation sites is 1. The maximum atomic E-state index is 10.8. The number of ether oxygens (including phenoxy) is 4. The van der Waals surface area contributed by atoms with E-state index in [-0.39, 0.29) is 85.9 Å². The molecule has 0 fully saturated rings. The average molecular weight is 700 g/mol. The van der Waals surface area contributed by atoms with E-state index < -0.39 is 24.3 Å². The molecular weight excluding hydrogens is 622 g/mol. The molecule has 0 aliphatic rings. The number of phenolic OH excluding ortho intramolecular Hbond substituents is 1. The lowest BCUT2D eigenvalue weighted by Crippen LogP contribution is -2.32. The third-order valence-electron chi connectivity index (χ3n) is 3.92. The van der Waals surface area contributed by atoms with Crippen LogP contribution in [0.3, 0.4) is 0 Å². The van der Waals surface area contributed by atoms with Crippen molar-refractivity contribution in [3.8, 4) is 5.75 Å². The Morgan fingerprint density at radius 2 is 1.10 bits per heavy atom.